The van der Waals surface area contributed by atoms with Crippen LogP contribution in [0.5, 0.6) is 0 Å². The maximum Gasteiger partial charge on any atom is 0.173 e. The average molecular weight is 333 g/mol. The SMILES string of the molecule is CC(C)(N)CCC[Si](C)(C)O[Si](C)(C)CCCC(C)(C)N. The van der Waals surface area contributed by atoms with Gasteiger partial charge in [-0.05, 0) is 78.8 Å². The van der Waals surface area contributed by atoms with Crippen LogP contribution in [0.25, 0.3) is 0 Å². The summed E-state index contributed by atoms with van der Waals surface area (Å²) in [4.78, 5) is 0. The summed E-state index contributed by atoms with van der Waals surface area (Å²) in [7, 11) is -3.12. The van der Waals surface area contributed by atoms with Crippen LogP contribution < -0.4 is 11.5 Å². The molecule has 3 nitrogen and oxygen atoms in total. The van der Waals surface area contributed by atoms with Crippen molar-refractivity contribution < 1.29 is 4.12 Å². The number of hydrogen-bond donors (Lipinski definition) is 2. The van der Waals surface area contributed by atoms with Gasteiger partial charge < -0.3 is 15.6 Å². The van der Waals surface area contributed by atoms with E-state index in [0.717, 1.165) is 12.8 Å². The van der Waals surface area contributed by atoms with Gasteiger partial charge in [-0.1, -0.05) is 12.8 Å². The van der Waals surface area contributed by atoms with Crippen LogP contribution >= 0.6 is 0 Å². The summed E-state index contributed by atoms with van der Waals surface area (Å²) in [6, 6.07) is 2.43. The highest BCUT2D eigenvalue weighted by Crippen LogP contribution is 2.26. The Labute approximate surface area is 135 Å². The van der Waals surface area contributed by atoms with Crippen molar-refractivity contribution in [2.24, 2.45) is 11.5 Å². The molecule has 0 saturated carbocycles. The minimum atomic E-state index is -1.56. The average Bonchev–Trinajstić information content (AvgIpc) is 2.09. The van der Waals surface area contributed by atoms with Gasteiger partial charge in [0.2, 0.25) is 0 Å². The lowest BCUT2D eigenvalue weighted by Gasteiger charge is -2.35. The number of rotatable bonds is 10. The second kappa shape index (κ2) is 7.73. The molecule has 5 heteroatoms. The third kappa shape index (κ3) is 13.7. The summed E-state index contributed by atoms with van der Waals surface area (Å²) in [5, 5.41) is 0. The molecule has 0 atom stereocenters. The van der Waals surface area contributed by atoms with Gasteiger partial charge in [0.25, 0.3) is 0 Å². The van der Waals surface area contributed by atoms with E-state index < -0.39 is 16.6 Å². The molecule has 0 aliphatic rings. The predicted molar refractivity (Wildman–Crippen MR) is 101 cm³/mol. The minimum absolute atomic E-state index is 0.0515. The second-order valence-corrected chi connectivity index (χ2v) is 18.2. The molecule has 0 aromatic carbocycles. The molecular weight excluding hydrogens is 292 g/mol. The van der Waals surface area contributed by atoms with E-state index in [4.69, 9.17) is 15.6 Å². The van der Waals surface area contributed by atoms with Gasteiger partial charge in [0.15, 0.2) is 16.6 Å². The zero-order valence-corrected chi connectivity index (χ0v) is 17.8. The van der Waals surface area contributed by atoms with Crippen LogP contribution in [0.1, 0.15) is 53.4 Å². The monoisotopic (exact) mass is 332 g/mol. The van der Waals surface area contributed by atoms with Crippen molar-refractivity contribution in [1.29, 1.82) is 0 Å². The van der Waals surface area contributed by atoms with Crippen molar-refractivity contribution in [3.8, 4) is 0 Å². The first kappa shape index (κ1) is 21.3. The van der Waals surface area contributed by atoms with E-state index in [-0.39, 0.29) is 11.1 Å². The summed E-state index contributed by atoms with van der Waals surface area (Å²) in [5.74, 6) is 0. The molecule has 0 aromatic rings. The molecule has 0 spiro atoms. The molecule has 0 fully saturated rings. The third-order valence-electron chi connectivity index (χ3n) is 3.75. The van der Waals surface area contributed by atoms with Crippen molar-refractivity contribution in [3.05, 3.63) is 0 Å². The fourth-order valence-corrected chi connectivity index (χ4v) is 11.6. The van der Waals surface area contributed by atoms with Gasteiger partial charge in [-0.2, -0.15) is 0 Å². The largest absolute Gasteiger partial charge is 0.455 e. The third-order valence-corrected chi connectivity index (χ3v) is 11.3. The Bertz CT molecular complexity index is 274. The topological polar surface area (TPSA) is 61.3 Å². The second-order valence-electron chi connectivity index (χ2n) is 9.31. The van der Waals surface area contributed by atoms with Crippen molar-refractivity contribution in [3.63, 3.8) is 0 Å². The Kier molecular flexibility index (Phi) is 7.84. The molecule has 0 aliphatic carbocycles. The smallest absolute Gasteiger partial charge is 0.173 e. The Morgan fingerprint density at radius 1 is 0.714 bits per heavy atom. The Balaban J connectivity index is 4.21. The fourth-order valence-electron chi connectivity index (χ4n) is 2.79. The Morgan fingerprint density at radius 3 is 1.24 bits per heavy atom. The van der Waals surface area contributed by atoms with Crippen molar-refractivity contribution in [2.45, 2.75) is 103 Å². The van der Waals surface area contributed by atoms with Crippen LogP contribution in [0.2, 0.25) is 38.3 Å². The molecule has 0 saturated heterocycles. The molecule has 0 rings (SSSR count). The van der Waals surface area contributed by atoms with Crippen LogP contribution in [0, 0.1) is 0 Å². The highest BCUT2D eigenvalue weighted by molar-refractivity contribution is 6.84. The van der Waals surface area contributed by atoms with E-state index >= 15 is 0 Å². The first-order valence-electron chi connectivity index (χ1n) is 8.40. The van der Waals surface area contributed by atoms with Crippen molar-refractivity contribution in [1.82, 2.24) is 0 Å². The fraction of sp³-hybridized carbons (Fsp3) is 1.00. The van der Waals surface area contributed by atoms with Crippen LogP contribution in [0.3, 0.4) is 0 Å². The summed E-state index contributed by atoms with van der Waals surface area (Å²) in [6.45, 7) is 17.9. The van der Waals surface area contributed by atoms with Gasteiger partial charge >= 0.3 is 0 Å². The van der Waals surface area contributed by atoms with Crippen LogP contribution in [0.15, 0.2) is 0 Å². The van der Waals surface area contributed by atoms with Crippen LogP contribution in [-0.4, -0.2) is 27.7 Å². The summed E-state index contributed by atoms with van der Waals surface area (Å²) in [5.41, 5.74) is 12.0. The van der Waals surface area contributed by atoms with E-state index in [1.54, 1.807) is 0 Å². The number of nitrogens with two attached hydrogens (primary N) is 2. The molecule has 0 bridgehead atoms. The number of hydrogen-bond acceptors (Lipinski definition) is 3. The molecule has 0 amide bonds. The van der Waals surface area contributed by atoms with Crippen molar-refractivity contribution in [2.75, 3.05) is 0 Å². The Morgan fingerprint density at radius 2 is 1.00 bits per heavy atom. The quantitative estimate of drug-likeness (QED) is 0.581. The molecule has 21 heavy (non-hydrogen) atoms. The molecule has 0 aromatic heterocycles. The summed E-state index contributed by atoms with van der Waals surface area (Å²) in [6.07, 6.45) is 4.53. The lowest BCUT2D eigenvalue weighted by molar-refractivity contribution is 0.452. The molecule has 4 N–H and O–H groups in total. The minimum Gasteiger partial charge on any atom is -0.455 e. The standard InChI is InChI=1S/C16H40N2OSi2/c1-15(2,17)11-9-13-20(5,6)19-21(7,8)14-10-12-16(3,4)18/h9-14,17-18H2,1-8H3. The zero-order valence-electron chi connectivity index (χ0n) is 15.8. The van der Waals surface area contributed by atoms with Crippen LogP contribution in [-0.2, 0) is 4.12 Å². The molecule has 0 unspecified atom stereocenters. The van der Waals surface area contributed by atoms with E-state index in [1.807, 2.05) is 0 Å². The predicted octanol–water partition coefficient (Wildman–Crippen LogP) is 4.45. The lowest BCUT2D eigenvalue weighted by Crippen LogP contribution is -2.45. The van der Waals surface area contributed by atoms with E-state index in [1.165, 1.54) is 24.9 Å². The summed E-state index contributed by atoms with van der Waals surface area (Å²) >= 11 is 0. The van der Waals surface area contributed by atoms with Gasteiger partial charge in [-0.3, -0.25) is 0 Å². The van der Waals surface area contributed by atoms with Gasteiger partial charge in [0, 0.05) is 11.1 Å². The molecule has 0 aliphatic heterocycles. The first-order chi connectivity index (χ1) is 9.12. The first-order valence-corrected chi connectivity index (χ1v) is 14.6. The molecule has 0 radical (unpaired) electrons. The highest BCUT2D eigenvalue weighted by atomic mass is 28.4. The van der Waals surface area contributed by atoms with Crippen molar-refractivity contribution >= 4 is 16.6 Å². The lowest BCUT2D eigenvalue weighted by atomic mass is 10.0. The van der Waals surface area contributed by atoms with E-state index in [0.29, 0.717) is 0 Å². The maximum absolute atomic E-state index is 6.65. The van der Waals surface area contributed by atoms with Gasteiger partial charge in [-0.25, -0.2) is 0 Å². The molecule has 0 heterocycles. The van der Waals surface area contributed by atoms with Gasteiger partial charge in [-0.15, -0.1) is 0 Å². The van der Waals surface area contributed by atoms with Gasteiger partial charge in [0.05, 0.1) is 0 Å². The van der Waals surface area contributed by atoms with Gasteiger partial charge in [0.1, 0.15) is 0 Å². The molecular formula is C16H40N2OSi2. The van der Waals surface area contributed by atoms with E-state index in [9.17, 15) is 0 Å². The highest BCUT2D eigenvalue weighted by Gasteiger charge is 2.32. The van der Waals surface area contributed by atoms with Crippen LogP contribution in [0.4, 0.5) is 0 Å². The zero-order chi connectivity index (χ0) is 16.9. The maximum atomic E-state index is 6.65. The normalized spacial score (nSPS) is 14.6. The summed E-state index contributed by atoms with van der Waals surface area (Å²) < 4.78 is 6.65. The molecule has 128 valence electrons. The Hall–Kier alpha value is 0.314. The van der Waals surface area contributed by atoms with E-state index in [2.05, 4.69) is 53.9 Å².